The molecule has 2 nitrogen and oxygen atoms in total. The Balaban J connectivity index is 4.16. The summed E-state index contributed by atoms with van der Waals surface area (Å²) in [5.41, 5.74) is 0. The minimum absolute atomic E-state index is 0.949. The first kappa shape index (κ1) is 15.6. The predicted molar refractivity (Wildman–Crippen MR) is 77.1 cm³/mol. The summed E-state index contributed by atoms with van der Waals surface area (Å²) in [4.78, 5) is 0. The second-order valence-electron chi connectivity index (χ2n) is 5.86. The van der Waals surface area contributed by atoms with E-state index in [4.69, 9.17) is 8.23 Å². The van der Waals surface area contributed by atoms with Gasteiger partial charge >= 0.3 is 99.2 Å². The van der Waals surface area contributed by atoms with Gasteiger partial charge in [-0.3, -0.25) is 0 Å². The van der Waals surface area contributed by atoms with Crippen molar-refractivity contribution in [1.29, 1.82) is 0 Å². The second kappa shape index (κ2) is 6.34. The van der Waals surface area contributed by atoms with Gasteiger partial charge in [-0.1, -0.05) is 0 Å². The number of unbranched alkanes of at least 4 members (excludes halogenated alkanes) is 1. The molecule has 0 N–H and O–H groups in total. The Bertz CT molecular complexity index is 182. The monoisotopic (exact) mass is 265 g/mol. The molecule has 0 fully saturated rings. The molecule has 5 heteroatoms. The van der Waals surface area contributed by atoms with Gasteiger partial charge in [-0.05, 0) is 0 Å². The summed E-state index contributed by atoms with van der Waals surface area (Å²) in [6.07, 6.45) is 2.58. The van der Waals surface area contributed by atoms with Crippen molar-refractivity contribution in [3.8, 4) is 0 Å². The van der Waals surface area contributed by atoms with E-state index >= 15 is 0 Å². The molecular formula is C10H29O2Si3-. The quantitative estimate of drug-likeness (QED) is 0.657. The van der Waals surface area contributed by atoms with E-state index in [9.17, 15) is 0 Å². The van der Waals surface area contributed by atoms with Gasteiger partial charge in [0.15, 0.2) is 0 Å². The van der Waals surface area contributed by atoms with Gasteiger partial charge < -0.3 is 0 Å². The topological polar surface area (TPSA) is 18.5 Å². The predicted octanol–water partition coefficient (Wildman–Crippen LogP) is 3.44. The fraction of sp³-hybridized carbons (Fsp3) is 1.00. The van der Waals surface area contributed by atoms with E-state index in [-0.39, 0.29) is 0 Å². The van der Waals surface area contributed by atoms with Gasteiger partial charge in [-0.25, -0.2) is 0 Å². The second-order valence-corrected chi connectivity index (χ2v) is 17.3. The van der Waals surface area contributed by atoms with E-state index in [1.807, 2.05) is 0 Å². The SMILES string of the molecule is CCCC[SiH-](C)(C)O[Si](C)(C)O[SiH](C)C. The van der Waals surface area contributed by atoms with Crippen molar-refractivity contribution < 1.29 is 8.23 Å². The van der Waals surface area contributed by atoms with E-state index in [0.29, 0.717) is 0 Å². The summed E-state index contributed by atoms with van der Waals surface area (Å²) in [6.45, 7) is 15.8. The summed E-state index contributed by atoms with van der Waals surface area (Å²) in [5, 5.41) is 0. The summed E-state index contributed by atoms with van der Waals surface area (Å²) in [5.74, 6) is 0. The average Bonchev–Trinajstić information content (AvgIpc) is 1.95. The van der Waals surface area contributed by atoms with Crippen LogP contribution < -0.4 is 0 Å². The zero-order valence-corrected chi connectivity index (χ0v) is 14.9. The normalized spacial score (nSPS) is 14.7. The van der Waals surface area contributed by atoms with Gasteiger partial charge in [0.25, 0.3) is 0 Å². The molecule has 0 aromatic heterocycles. The van der Waals surface area contributed by atoms with Crippen LogP contribution in [-0.2, 0) is 8.23 Å². The van der Waals surface area contributed by atoms with Crippen molar-refractivity contribution in [2.45, 2.75) is 65.1 Å². The Hall–Kier alpha value is 0.571. The third-order valence-corrected chi connectivity index (χ3v) is 13.2. The van der Waals surface area contributed by atoms with Crippen LogP contribution in [0.15, 0.2) is 0 Å². The van der Waals surface area contributed by atoms with Crippen LogP contribution in [0.25, 0.3) is 0 Å². The summed E-state index contributed by atoms with van der Waals surface area (Å²) in [6, 6.07) is 1.29. The molecule has 0 aliphatic heterocycles. The van der Waals surface area contributed by atoms with Gasteiger partial charge in [0.2, 0.25) is 0 Å². The van der Waals surface area contributed by atoms with Gasteiger partial charge in [0.05, 0.1) is 0 Å². The fourth-order valence-electron chi connectivity index (χ4n) is 2.12. The van der Waals surface area contributed by atoms with Crippen LogP contribution in [0.2, 0.25) is 45.3 Å². The maximum absolute atomic E-state index is 6.36. The Labute approximate surface area is 99.5 Å². The standard InChI is InChI=1S/C10H29O2Si3/c1-8-9-10-14(4,5)12-15(6,7)11-13(2)3/h13-14H,8-10H2,1-7H3/q-1. The van der Waals surface area contributed by atoms with Gasteiger partial charge in [0, 0.05) is 0 Å². The zero-order chi connectivity index (χ0) is 12.1. The molecule has 0 aliphatic rings. The third kappa shape index (κ3) is 8.39. The van der Waals surface area contributed by atoms with Gasteiger partial charge in [0.1, 0.15) is 0 Å². The van der Waals surface area contributed by atoms with Crippen LogP contribution in [0.3, 0.4) is 0 Å². The van der Waals surface area contributed by atoms with E-state index in [1.165, 1.54) is 18.9 Å². The van der Waals surface area contributed by atoms with Crippen molar-refractivity contribution in [2.24, 2.45) is 0 Å². The van der Waals surface area contributed by atoms with Crippen LogP contribution in [0, 0.1) is 0 Å². The molecule has 0 bridgehead atoms. The Morgan fingerprint density at radius 2 is 1.73 bits per heavy atom. The van der Waals surface area contributed by atoms with Crippen LogP contribution >= 0.6 is 0 Å². The molecule has 0 heterocycles. The average molecular weight is 266 g/mol. The Kier molecular flexibility index (Phi) is 6.58. The molecular weight excluding hydrogens is 236 g/mol. The molecule has 0 saturated heterocycles. The van der Waals surface area contributed by atoms with Gasteiger partial charge in [-0.15, -0.1) is 0 Å². The van der Waals surface area contributed by atoms with E-state index in [2.05, 4.69) is 46.2 Å². The molecule has 0 atom stereocenters. The first-order valence-corrected chi connectivity index (χ1v) is 15.5. The van der Waals surface area contributed by atoms with Crippen molar-refractivity contribution in [3.05, 3.63) is 0 Å². The Morgan fingerprint density at radius 3 is 2.13 bits per heavy atom. The first-order chi connectivity index (χ1) is 6.68. The van der Waals surface area contributed by atoms with Crippen LogP contribution in [-0.4, -0.2) is 25.9 Å². The molecule has 0 amide bonds. The van der Waals surface area contributed by atoms with Crippen LogP contribution in [0.4, 0.5) is 0 Å². The summed E-state index contributed by atoms with van der Waals surface area (Å²) in [7, 11) is -4.52. The van der Waals surface area contributed by atoms with Crippen LogP contribution in [0.1, 0.15) is 19.8 Å². The van der Waals surface area contributed by atoms with Crippen molar-refractivity contribution >= 4 is 25.9 Å². The van der Waals surface area contributed by atoms with Crippen LogP contribution in [0.5, 0.6) is 0 Å². The number of hydrogen-bond acceptors (Lipinski definition) is 2. The molecule has 0 spiro atoms. The molecule has 94 valence electrons. The summed E-state index contributed by atoms with van der Waals surface area (Å²) >= 11 is 0. The molecule has 0 rings (SSSR count). The van der Waals surface area contributed by atoms with Crippen molar-refractivity contribution in [2.75, 3.05) is 0 Å². The maximum atomic E-state index is 6.36. The number of rotatable bonds is 7. The summed E-state index contributed by atoms with van der Waals surface area (Å²) < 4.78 is 12.4. The van der Waals surface area contributed by atoms with Crippen molar-refractivity contribution in [3.63, 3.8) is 0 Å². The fourth-order valence-corrected chi connectivity index (χ4v) is 15.4. The molecule has 0 radical (unpaired) electrons. The number of hydrogen-bond donors (Lipinski definition) is 0. The zero-order valence-electron chi connectivity index (χ0n) is 11.6. The molecule has 0 unspecified atom stereocenters. The third-order valence-electron chi connectivity index (χ3n) is 2.38. The van der Waals surface area contributed by atoms with E-state index in [0.717, 1.165) is 0 Å². The minimum atomic E-state index is -1.82. The van der Waals surface area contributed by atoms with E-state index in [1.54, 1.807) is 0 Å². The molecule has 0 aromatic rings. The molecule has 15 heavy (non-hydrogen) atoms. The van der Waals surface area contributed by atoms with Gasteiger partial charge in [-0.2, -0.15) is 0 Å². The Morgan fingerprint density at radius 1 is 1.20 bits per heavy atom. The van der Waals surface area contributed by atoms with Crippen molar-refractivity contribution in [1.82, 2.24) is 0 Å². The molecule has 0 aromatic carbocycles. The first-order valence-electron chi connectivity index (χ1n) is 6.30. The van der Waals surface area contributed by atoms with E-state index < -0.39 is 25.9 Å². The molecule has 0 saturated carbocycles. The molecule has 0 aliphatic carbocycles.